The summed E-state index contributed by atoms with van der Waals surface area (Å²) in [6.07, 6.45) is 1.52. The maximum absolute atomic E-state index is 13.4. The molecule has 1 heterocycles. The fourth-order valence-electron chi connectivity index (χ4n) is 3.88. The number of hydrogen-bond acceptors (Lipinski definition) is 5. The number of amides is 1. The Morgan fingerprint density at radius 2 is 1.71 bits per heavy atom. The Hall–Kier alpha value is -3.48. The summed E-state index contributed by atoms with van der Waals surface area (Å²) in [7, 11) is 3.08. The summed E-state index contributed by atoms with van der Waals surface area (Å²) < 4.78 is 16.0. The predicted molar refractivity (Wildman–Crippen MR) is 118 cm³/mol. The van der Waals surface area contributed by atoms with Crippen molar-refractivity contribution in [3.8, 4) is 11.5 Å². The van der Waals surface area contributed by atoms with Gasteiger partial charge >= 0.3 is 5.97 Å². The lowest BCUT2D eigenvalue weighted by Gasteiger charge is -2.17. The Balaban J connectivity index is 1.77. The van der Waals surface area contributed by atoms with Crippen LogP contribution in [0.1, 0.15) is 41.4 Å². The van der Waals surface area contributed by atoms with Crippen LogP contribution in [0.15, 0.2) is 36.4 Å². The van der Waals surface area contributed by atoms with Crippen LogP contribution in [-0.2, 0) is 14.9 Å². The van der Waals surface area contributed by atoms with Crippen molar-refractivity contribution in [2.45, 2.75) is 32.1 Å². The van der Waals surface area contributed by atoms with Crippen LogP contribution in [0.5, 0.6) is 11.5 Å². The van der Waals surface area contributed by atoms with E-state index < -0.39 is 11.4 Å². The van der Waals surface area contributed by atoms with Gasteiger partial charge in [-0.15, -0.1) is 0 Å². The lowest BCUT2D eigenvalue weighted by atomic mass is 9.94. The van der Waals surface area contributed by atoms with Crippen molar-refractivity contribution in [1.82, 2.24) is 4.98 Å². The molecule has 3 aromatic rings. The van der Waals surface area contributed by atoms with E-state index in [1.54, 1.807) is 26.2 Å². The molecule has 31 heavy (non-hydrogen) atoms. The lowest BCUT2D eigenvalue weighted by Crippen LogP contribution is -2.28. The summed E-state index contributed by atoms with van der Waals surface area (Å²) in [6.45, 7) is 3.98. The van der Waals surface area contributed by atoms with Crippen molar-refractivity contribution in [1.29, 1.82) is 0 Å². The van der Waals surface area contributed by atoms with Crippen LogP contribution in [0.4, 0.5) is 5.69 Å². The first kappa shape index (κ1) is 20.8. The number of hydrogen-bond donors (Lipinski definition) is 2. The van der Waals surface area contributed by atoms with Crippen LogP contribution in [0.25, 0.3) is 10.9 Å². The number of rotatable bonds is 7. The average molecular weight is 422 g/mol. The highest BCUT2D eigenvalue weighted by Gasteiger charge is 2.51. The third-order valence-electron chi connectivity index (χ3n) is 5.81. The quantitative estimate of drug-likeness (QED) is 0.553. The van der Waals surface area contributed by atoms with Gasteiger partial charge < -0.3 is 24.5 Å². The first-order chi connectivity index (χ1) is 14.9. The van der Waals surface area contributed by atoms with Gasteiger partial charge in [-0.25, -0.2) is 4.79 Å². The van der Waals surface area contributed by atoms with Crippen molar-refractivity contribution in [2.75, 3.05) is 26.1 Å². The molecule has 0 radical (unpaired) electrons. The third kappa shape index (κ3) is 3.60. The monoisotopic (exact) mass is 422 g/mol. The average Bonchev–Trinajstić information content (AvgIpc) is 3.51. The van der Waals surface area contributed by atoms with E-state index in [1.807, 2.05) is 31.2 Å². The molecule has 7 nitrogen and oxygen atoms in total. The second kappa shape index (κ2) is 7.98. The number of aromatic amines is 1. The minimum atomic E-state index is -0.584. The number of benzene rings is 2. The van der Waals surface area contributed by atoms with Gasteiger partial charge in [0, 0.05) is 11.5 Å². The fourth-order valence-corrected chi connectivity index (χ4v) is 3.88. The molecule has 0 atom stereocenters. The fraction of sp³-hybridized carbons (Fsp3) is 0.333. The molecule has 0 bridgehead atoms. The number of ether oxygens (including phenoxy) is 3. The van der Waals surface area contributed by atoms with E-state index in [-0.39, 0.29) is 18.2 Å². The normalized spacial score (nSPS) is 14.2. The maximum atomic E-state index is 13.4. The molecule has 162 valence electrons. The number of carbonyl (C=O) groups is 2. The van der Waals surface area contributed by atoms with Gasteiger partial charge in [0.05, 0.1) is 37.4 Å². The minimum Gasteiger partial charge on any atom is -0.493 e. The first-order valence-electron chi connectivity index (χ1n) is 10.3. The van der Waals surface area contributed by atoms with Crippen molar-refractivity contribution in [3.63, 3.8) is 0 Å². The zero-order valence-corrected chi connectivity index (χ0v) is 18.1. The van der Waals surface area contributed by atoms with E-state index in [0.717, 1.165) is 24.0 Å². The van der Waals surface area contributed by atoms with Crippen LogP contribution in [-0.4, -0.2) is 37.7 Å². The molecule has 0 saturated heterocycles. The molecule has 0 spiro atoms. The summed E-state index contributed by atoms with van der Waals surface area (Å²) in [5.41, 5.74) is 2.75. The van der Waals surface area contributed by atoms with Crippen molar-refractivity contribution in [2.24, 2.45) is 0 Å². The van der Waals surface area contributed by atoms with Crippen LogP contribution in [0, 0.1) is 6.92 Å². The van der Waals surface area contributed by atoms with Gasteiger partial charge in [-0.3, -0.25) is 4.79 Å². The molecule has 1 amide bonds. The van der Waals surface area contributed by atoms with Crippen LogP contribution in [0.3, 0.4) is 0 Å². The number of carbonyl (C=O) groups excluding carboxylic acids is 2. The van der Waals surface area contributed by atoms with Crippen molar-refractivity contribution < 1.29 is 23.8 Å². The highest BCUT2D eigenvalue weighted by Crippen LogP contribution is 2.49. The summed E-state index contributed by atoms with van der Waals surface area (Å²) >= 11 is 0. The molecule has 2 N–H and O–H groups in total. The van der Waals surface area contributed by atoms with Crippen LogP contribution in [0.2, 0.25) is 0 Å². The molecule has 2 aromatic carbocycles. The summed E-state index contributed by atoms with van der Waals surface area (Å²) in [6, 6.07) is 11.5. The molecular formula is C24H26N2O5. The standard InChI is InChI=1S/C24H26N2O5/c1-5-31-22(27)21-20(16-12-18(29-3)19(30-4)13-17(16)25-21)26-23(28)24(10-11-24)15-8-6-14(2)7-9-15/h6-9,12-13,25H,5,10-11H2,1-4H3,(H,26,28). The second-order valence-electron chi connectivity index (χ2n) is 7.75. The molecule has 4 rings (SSSR count). The van der Waals surface area contributed by atoms with Crippen molar-refractivity contribution >= 4 is 28.5 Å². The Morgan fingerprint density at radius 1 is 1.06 bits per heavy atom. The number of nitrogens with one attached hydrogen (secondary N) is 2. The number of methoxy groups -OCH3 is 2. The van der Waals surface area contributed by atoms with E-state index in [1.165, 1.54) is 7.11 Å². The topological polar surface area (TPSA) is 89.7 Å². The molecular weight excluding hydrogens is 396 g/mol. The van der Waals surface area contributed by atoms with E-state index in [0.29, 0.717) is 28.1 Å². The largest absolute Gasteiger partial charge is 0.493 e. The number of aromatic nitrogens is 1. The number of anilines is 1. The van der Waals surface area contributed by atoms with Crippen LogP contribution < -0.4 is 14.8 Å². The molecule has 1 aliphatic rings. The van der Waals surface area contributed by atoms with E-state index in [2.05, 4.69) is 10.3 Å². The van der Waals surface area contributed by atoms with E-state index in [4.69, 9.17) is 14.2 Å². The summed E-state index contributed by atoms with van der Waals surface area (Å²) in [4.78, 5) is 29.1. The van der Waals surface area contributed by atoms with Crippen molar-refractivity contribution in [3.05, 3.63) is 53.2 Å². The maximum Gasteiger partial charge on any atom is 0.356 e. The second-order valence-corrected chi connectivity index (χ2v) is 7.75. The molecule has 7 heteroatoms. The molecule has 1 aliphatic carbocycles. The van der Waals surface area contributed by atoms with E-state index in [9.17, 15) is 9.59 Å². The van der Waals surface area contributed by atoms with Gasteiger partial charge in [-0.2, -0.15) is 0 Å². The van der Waals surface area contributed by atoms with Gasteiger partial charge in [0.25, 0.3) is 0 Å². The zero-order chi connectivity index (χ0) is 22.2. The van der Waals surface area contributed by atoms with Gasteiger partial charge in [-0.05, 0) is 38.3 Å². The Kier molecular flexibility index (Phi) is 5.35. The van der Waals surface area contributed by atoms with Gasteiger partial charge in [0.2, 0.25) is 5.91 Å². The molecule has 0 aliphatic heterocycles. The van der Waals surface area contributed by atoms with Gasteiger partial charge in [0.15, 0.2) is 11.5 Å². The Bertz CT molecular complexity index is 1140. The number of aryl methyl sites for hydroxylation is 1. The van der Waals surface area contributed by atoms with Crippen LogP contribution >= 0.6 is 0 Å². The molecule has 1 aromatic heterocycles. The number of esters is 1. The number of H-pyrrole nitrogens is 1. The summed E-state index contributed by atoms with van der Waals surface area (Å²) in [5.74, 6) is 0.340. The highest BCUT2D eigenvalue weighted by molar-refractivity contribution is 6.14. The SMILES string of the molecule is CCOC(=O)c1[nH]c2cc(OC)c(OC)cc2c1NC(=O)C1(c2ccc(C)cc2)CC1. The molecule has 0 unspecified atom stereocenters. The Labute approximate surface area is 180 Å². The lowest BCUT2D eigenvalue weighted by molar-refractivity contribution is -0.118. The van der Waals surface area contributed by atoms with Gasteiger partial charge in [-0.1, -0.05) is 29.8 Å². The van der Waals surface area contributed by atoms with E-state index >= 15 is 0 Å². The smallest absolute Gasteiger partial charge is 0.356 e. The molecule has 1 saturated carbocycles. The van der Waals surface area contributed by atoms with Gasteiger partial charge in [0.1, 0.15) is 5.69 Å². The summed E-state index contributed by atoms with van der Waals surface area (Å²) in [5, 5.41) is 3.66. The highest BCUT2D eigenvalue weighted by atomic mass is 16.5. The minimum absolute atomic E-state index is 0.141. The first-order valence-corrected chi connectivity index (χ1v) is 10.3. The number of fused-ring (bicyclic) bond motifs is 1. The predicted octanol–water partition coefficient (Wildman–Crippen LogP) is 4.34. The zero-order valence-electron chi connectivity index (χ0n) is 18.1. The molecule has 1 fully saturated rings. The third-order valence-corrected chi connectivity index (χ3v) is 5.81. The Morgan fingerprint density at radius 3 is 2.29 bits per heavy atom.